The molecule has 0 radical (unpaired) electrons. The summed E-state index contributed by atoms with van der Waals surface area (Å²) in [6.07, 6.45) is 1.67. The molecule has 0 saturated carbocycles. The molecule has 0 unspecified atom stereocenters. The van der Waals surface area contributed by atoms with E-state index in [0.29, 0.717) is 11.1 Å². The van der Waals surface area contributed by atoms with Crippen molar-refractivity contribution < 1.29 is 19.1 Å². The van der Waals surface area contributed by atoms with Gasteiger partial charge in [0.05, 0.1) is 14.2 Å². The lowest BCUT2D eigenvalue weighted by Gasteiger charge is -1.98. The predicted octanol–water partition coefficient (Wildman–Crippen LogP) is 2.25. The van der Waals surface area contributed by atoms with Crippen molar-refractivity contribution in [3.8, 4) is 0 Å². The maximum atomic E-state index is 10.6. The molecule has 0 fully saturated rings. The number of hydrogen-bond donors (Lipinski definition) is 0. The van der Waals surface area contributed by atoms with Crippen LogP contribution in [0.15, 0.2) is 24.3 Å². The number of methoxy groups -OCH3 is 2. The van der Waals surface area contributed by atoms with Crippen molar-refractivity contribution in [2.24, 2.45) is 0 Å². The maximum Gasteiger partial charge on any atom is 0.333 e. The summed E-state index contributed by atoms with van der Waals surface area (Å²) < 4.78 is 8.70. The molecular formula is C12H20O4. The van der Waals surface area contributed by atoms with Crippen molar-refractivity contribution in [2.75, 3.05) is 14.2 Å². The van der Waals surface area contributed by atoms with Crippen LogP contribution in [0.25, 0.3) is 0 Å². The molecule has 0 aliphatic rings. The fourth-order valence-corrected chi connectivity index (χ4v) is 0.722. The van der Waals surface area contributed by atoms with Gasteiger partial charge in [0.25, 0.3) is 0 Å². The minimum absolute atomic E-state index is 0.295. The Morgan fingerprint density at radius 3 is 1.69 bits per heavy atom. The summed E-state index contributed by atoms with van der Waals surface area (Å²) in [4.78, 5) is 20.8. The van der Waals surface area contributed by atoms with Crippen LogP contribution in [0.5, 0.6) is 0 Å². The summed E-state index contributed by atoms with van der Waals surface area (Å²) in [5, 5.41) is 0. The van der Waals surface area contributed by atoms with Crippen LogP contribution >= 0.6 is 0 Å². The zero-order valence-corrected chi connectivity index (χ0v) is 10.5. The summed E-state index contributed by atoms with van der Waals surface area (Å²) in [7, 11) is 2.69. The highest BCUT2D eigenvalue weighted by atomic mass is 16.5. The first kappa shape index (κ1) is 16.8. The van der Waals surface area contributed by atoms with E-state index in [1.54, 1.807) is 6.92 Å². The molecule has 0 aromatic heterocycles. The molecule has 0 aliphatic heterocycles. The van der Waals surface area contributed by atoms with E-state index in [2.05, 4.69) is 22.6 Å². The van der Waals surface area contributed by atoms with Crippen LogP contribution in [0.3, 0.4) is 0 Å². The first-order chi connectivity index (χ1) is 7.40. The Labute approximate surface area is 96.9 Å². The van der Waals surface area contributed by atoms with Crippen LogP contribution in [0.2, 0.25) is 0 Å². The van der Waals surface area contributed by atoms with E-state index in [0.717, 1.165) is 12.8 Å². The highest BCUT2D eigenvalue weighted by Gasteiger charge is 2.02. The third kappa shape index (κ3) is 8.99. The van der Waals surface area contributed by atoms with Crippen LogP contribution in [-0.4, -0.2) is 26.2 Å². The molecule has 0 heterocycles. The smallest absolute Gasteiger partial charge is 0.333 e. The molecule has 0 atom stereocenters. The van der Waals surface area contributed by atoms with E-state index in [1.807, 2.05) is 6.92 Å². The largest absolute Gasteiger partial charge is 0.466 e. The maximum absolute atomic E-state index is 10.6. The van der Waals surface area contributed by atoms with Gasteiger partial charge in [-0.3, -0.25) is 0 Å². The molecule has 92 valence electrons. The van der Waals surface area contributed by atoms with Gasteiger partial charge < -0.3 is 9.47 Å². The van der Waals surface area contributed by atoms with Crippen LogP contribution in [0.1, 0.15) is 26.7 Å². The van der Waals surface area contributed by atoms with E-state index >= 15 is 0 Å². The zero-order chi connectivity index (χ0) is 13.1. The molecule has 0 spiro atoms. The van der Waals surface area contributed by atoms with E-state index in [1.165, 1.54) is 14.2 Å². The van der Waals surface area contributed by atoms with E-state index in [4.69, 9.17) is 0 Å². The molecule has 0 N–H and O–H groups in total. The monoisotopic (exact) mass is 228 g/mol. The Morgan fingerprint density at radius 1 is 1.06 bits per heavy atom. The van der Waals surface area contributed by atoms with Crippen LogP contribution < -0.4 is 0 Å². The topological polar surface area (TPSA) is 52.6 Å². The molecule has 16 heavy (non-hydrogen) atoms. The van der Waals surface area contributed by atoms with Crippen molar-refractivity contribution in [3.05, 3.63) is 24.3 Å². The SMILES string of the molecule is C=C(C)C(=O)OC.C=C(CCC)C(=O)OC. The van der Waals surface area contributed by atoms with E-state index in [9.17, 15) is 9.59 Å². The molecule has 0 bridgehead atoms. The van der Waals surface area contributed by atoms with Crippen LogP contribution in [0.4, 0.5) is 0 Å². The van der Waals surface area contributed by atoms with Gasteiger partial charge in [0, 0.05) is 11.1 Å². The lowest BCUT2D eigenvalue weighted by atomic mass is 10.2. The molecule has 4 nitrogen and oxygen atoms in total. The molecule has 4 heteroatoms. The molecule has 0 aromatic carbocycles. The molecule has 0 saturated heterocycles. The average Bonchev–Trinajstić information content (AvgIpc) is 2.27. The summed E-state index contributed by atoms with van der Waals surface area (Å²) >= 11 is 0. The number of ether oxygens (including phenoxy) is 2. The molecular weight excluding hydrogens is 208 g/mol. The normalized spacial score (nSPS) is 8.25. The van der Waals surface area contributed by atoms with E-state index in [-0.39, 0.29) is 11.9 Å². The zero-order valence-electron chi connectivity index (χ0n) is 10.5. The van der Waals surface area contributed by atoms with Crippen molar-refractivity contribution >= 4 is 11.9 Å². The van der Waals surface area contributed by atoms with Gasteiger partial charge in [-0.15, -0.1) is 0 Å². The Morgan fingerprint density at radius 2 is 1.50 bits per heavy atom. The number of esters is 2. The van der Waals surface area contributed by atoms with Gasteiger partial charge in [-0.2, -0.15) is 0 Å². The lowest BCUT2D eigenvalue weighted by Crippen LogP contribution is -2.02. The molecule has 0 aliphatic carbocycles. The van der Waals surface area contributed by atoms with Gasteiger partial charge >= 0.3 is 11.9 Å². The summed E-state index contributed by atoms with van der Waals surface area (Å²) in [5.41, 5.74) is 0.988. The van der Waals surface area contributed by atoms with Crippen molar-refractivity contribution in [1.29, 1.82) is 0 Å². The molecule has 0 rings (SSSR count). The van der Waals surface area contributed by atoms with Gasteiger partial charge in [0.1, 0.15) is 0 Å². The lowest BCUT2D eigenvalue weighted by molar-refractivity contribution is -0.137. The fourth-order valence-electron chi connectivity index (χ4n) is 0.722. The number of carbonyl (C=O) groups excluding carboxylic acids is 2. The Hall–Kier alpha value is -1.58. The Kier molecular flexibility index (Phi) is 10.5. The van der Waals surface area contributed by atoms with Crippen molar-refractivity contribution in [3.63, 3.8) is 0 Å². The van der Waals surface area contributed by atoms with Crippen LogP contribution in [-0.2, 0) is 19.1 Å². The summed E-state index contributed by atoms with van der Waals surface area (Å²) in [6, 6.07) is 0. The third-order valence-electron chi connectivity index (χ3n) is 1.56. The predicted molar refractivity (Wildman–Crippen MR) is 62.9 cm³/mol. The van der Waals surface area contributed by atoms with Crippen molar-refractivity contribution in [2.45, 2.75) is 26.7 Å². The standard InChI is InChI=1S/C7H12O2.C5H8O2/c1-4-5-6(2)7(8)9-3;1-4(2)5(6)7-3/h2,4-5H2,1,3H3;1H2,2-3H3. The minimum Gasteiger partial charge on any atom is -0.466 e. The second-order valence-corrected chi connectivity index (χ2v) is 3.12. The Balaban J connectivity index is 0. The molecule has 0 aromatic rings. The Bertz CT molecular complexity index is 266. The first-order valence-electron chi connectivity index (χ1n) is 4.90. The summed E-state index contributed by atoms with van der Waals surface area (Å²) in [6.45, 7) is 10.5. The quantitative estimate of drug-likeness (QED) is 0.547. The van der Waals surface area contributed by atoms with Gasteiger partial charge in [0.2, 0.25) is 0 Å². The first-order valence-corrected chi connectivity index (χ1v) is 4.90. The minimum atomic E-state index is -0.347. The van der Waals surface area contributed by atoms with Gasteiger partial charge in [0.15, 0.2) is 0 Å². The summed E-state index contributed by atoms with van der Waals surface area (Å²) in [5.74, 6) is -0.642. The van der Waals surface area contributed by atoms with Gasteiger partial charge in [-0.25, -0.2) is 9.59 Å². The second kappa shape index (κ2) is 9.96. The third-order valence-corrected chi connectivity index (χ3v) is 1.56. The fraction of sp³-hybridized carbons (Fsp3) is 0.500. The van der Waals surface area contributed by atoms with Gasteiger partial charge in [-0.1, -0.05) is 26.5 Å². The number of rotatable bonds is 4. The van der Waals surface area contributed by atoms with E-state index < -0.39 is 0 Å². The number of hydrogen-bond acceptors (Lipinski definition) is 4. The number of carbonyl (C=O) groups is 2. The van der Waals surface area contributed by atoms with Crippen molar-refractivity contribution in [1.82, 2.24) is 0 Å². The van der Waals surface area contributed by atoms with Gasteiger partial charge in [-0.05, 0) is 13.3 Å². The molecule has 0 amide bonds. The van der Waals surface area contributed by atoms with Crippen LogP contribution in [0, 0.1) is 0 Å². The highest BCUT2D eigenvalue weighted by molar-refractivity contribution is 5.87. The average molecular weight is 228 g/mol. The highest BCUT2D eigenvalue weighted by Crippen LogP contribution is 2.02. The second-order valence-electron chi connectivity index (χ2n) is 3.12.